The molecule has 2 heterocycles. The van der Waals surface area contributed by atoms with Crippen LogP contribution < -0.4 is 14.8 Å². The lowest BCUT2D eigenvalue weighted by atomic mass is 10.1. The van der Waals surface area contributed by atoms with Gasteiger partial charge in [-0.1, -0.05) is 36.4 Å². The molecular formula is C20H19N3O2. The summed E-state index contributed by atoms with van der Waals surface area (Å²) in [4.78, 5) is 9.00. The Labute approximate surface area is 146 Å². The number of hydrogen-bond donors (Lipinski definition) is 1. The molecule has 1 unspecified atom stereocenters. The van der Waals surface area contributed by atoms with Crippen LogP contribution in [0.5, 0.6) is 11.5 Å². The largest absolute Gasteiger partial charge is 0.454 e. The molecule has 25 heavy (non-hydrogen) atoms. The van der Waals surface area contributed by atoms with Gasteiger partial charge in [0.2, 0.25) is 6.79 Å². The van der Waals surface area contributed by atoms with E-state index in [0.29, 0.717) is 0 Å². The van der Waals surface area contributed by atoms with Gasteiger partial charge in [-0.15, -0.1) is 0 Å². The molecule has 0 fully saturated rings. The van der Waals surface area contributed by atoms with E-state index in [2.05, 4.69) is 34.3 Å². The Hall–Kier alpha value is -3.08. The van der Waals surface area contributed by atoms with Crippen LogP contribution >= 0.6 is 0 Å². The smallest absolute Gasteiger partial charge is 0.231 e. The fourth-order valence-electron chi connectivity index (χ4n) is 2.83. The van der Waals surface area contributed by atoms with Crippen LogP contribution in [0.2, 0.25) is 0 Å². The topological polar surface area (TPSA) is 56.3 Å². The highest BCUT2D eigenvalue weighted by Crippen LogP contribution is 2.34. The van der Waals surface area contributed by atoms with Gasteiger partial charge < -0.3 is 14.8 Å². The highest BCUT2D eigenvalue weighted by atomic mass is 16.7. The fourth-order valence-corrected chi connectivity index (χ4v) is 2.83. The first-order chi connectivity index (χ1) is 12.3. The molecule has 0 radical (unpaired) electrons. The predicted molar refractivity (Wildman–Crippen MR) is 95.9 cm³/mol. The van der Waals surface area contributed by atoms with Crippen molar-refractivity contribution in [3.05, 3.63) is 77.7 Å². The minimum absolute atomic E-state index is 0.0916. The average Bonchev–Trinajstić information content (AvgIpc) is 3.10. The Balaban J connectivity index is 1.48. The van der Waals surface area contributed by atoms with Gasteiger partial charge in [-0.2, -0.15) is 0 Å². The molecule has 2 aromatic carbocycles. The van der Waals surface area contributed by atoms with Crippen molar-refractivity contribution in [2.24, 2.45) is 0 Å². The lowest BCUT2D eigenvalue weighted by Gasteiger charge is -2.15. The van der Waals surface area contributed by atoms with Crippen molar-refractivity contribution in [3.63, 3.8) is 0 Å². The van der Waals surface area contributed by atoms with Crippen LogP contribution in [0.15, 0.2) is 60.8 Å². The highest BCUT2D eigenvalue weighted by molar-refractivity contribution is 5.47. The lowest BCUT2D eigenvalue weighted by molar-refractivity contribution is 0.174. The standard InChI is InChI=1S/C20H19N3O2/c1-14(16-7-8-17-18(12-16)25-13-24-17)22-19-9-10-21-20(23-19)11-15-5-3-2-4-6-15/h2-10,12,14H,11,13H2,1H3,(H,21,22,23). The quantitative estimate of drug-likeness (QED) is 0.766. The summed E-state index contributed by atoms with van der Waals surface area (Å²) >= 11 is 0. The van der Waals surface area contributed by atoms with E-state index < -0.39 is 0 Å². The molecule has 1 aliphatic rings. The summed E-state index contributed by atoms with van der Waals surface area (Å²) in [6.07, 6.45) is 2.51. The maximum atomic E-state index is 5.45. The third-order valence-electron chi connectivity index (χ3n) is 4.17. The number of benzene rings is 2. The molecule has 1 aliphatic heterocycles. The Morgan fingerprint density at radius 2 is 1.88 bits per heavy atom. The minimum Gasteiger partial charge on any atom is -0.454 e. The number of nitrogens with zero attached hydrogens (tertiary/aromatic N) is 2. The van der Waals surface area contributed by atoms with E-state index in [1.54, 1.807) is 6.20 Å². The SMILES string of the molecule is CC(Nc1ccnc(Cc2ccccc2)n1)c1ccc2c(c1)OCO2. The Kier molecular flexibility index (Phi) is 4.21. The average molecular weight is 333 g/mol. The maximum absolute atomic E-state index is 5.45. The third-order valence-corrected chi connectivity index (χ3v) is 4.17. The molecule has 0 bridgehead atoms. The molecule has 0 spiro atoms. The van der Waals surface area contributed by atoms with Gasteiger partial charge in [-0.3, -0.25) is 0 Å². The summed E-state index contributed by atoms with van der Waals surface area (Å²) in [5, 5.41) is 3.43. The number of rotatable bonds is 5. The molecule has 0 amide bonds. The monoisotopic (exact) mass is 333 g/mol. The van der Waals surface area contributed by atoms with Gasteiger partial charge >= 0.3 is 0 Å². The number of hydrogen-bond acceptors (Lipinski definition) is 5. The van der Waals surface area contributed by atoms with Crippen LogP contribution in [-0.4, -0.2) is 16.8 Å². The molecule has 1 atom stereocenters. The van der Waals surface area contributed by atoms with Crippen LogP contribution in [0.25, 0.3) is 0 Å². The number of nitrogens with one attached hydrogen (secondary N) is 1. The van der Waals surface area contributed by atoms with Gasteiger partial charge in [0.15, 0.2) is 11.5 Å². The van der Waals surface area contributed by atoms with E-state index in [9.17, 15) is 0 Å². The van der Waals surface area contributed by atoms with Gasteiger partial charge in [0.1, 0.15) is 11.6 Å². The zero-order valence-electron chi connectivity index (χ0n) is 14.0. The molecule has 5 heteroatoms. The molecule has 1 aromatic heterocycles. The Bertz CT molecular complexity index is 868. The van der Waals surface area contributed by atoms with Crippen molar-refractivity contribution in [3.8, 4) is 11.5 Å². The summed E-state index contributed by atoms with van der Waals surface area (Å²) in [5.41, 5.74) is 2.32. The lowest BCUT2D eigenvalue weighted by Crippen LogP contribution is -2.09. The minimum atomic E-state index is 0.0916. The fraction of sp³-hybridized carbons (Fsp3) is 0.200. The van der Waals surface area contributed by atoms with Crippen LogP contribution in [0.4, 0.5) is 5.82 Å². The summed E-state index contributed by atoms with van der Waals surface area (Å²) in [7, 11) is 0. The first kappa shape index (κ1) is 15.4. The normalized spacial score (nSPS) is 13.5. The van der Waals surface area contributed by atoms with Crippen molar-refractivity contribution in [2.45, 2.75) is 19.4 Å². The van der Waals surface area contributed by atoms with Gasteiger partial charge in [0, 0.05) is 12.6 Å². The van der Waals surface area contributed by atoms with Crippen LogP contribution in [-0.2, 0) is 6.42 Å². The zero-order valence-corrected chi connectivity index (χ0v) is 14.0. The number of anilines is 1. The van der Waals surface area contributed by atoms with E-state index in [-0.39, 0.29) is 12.8 Å². The van der Waals surface area contributed by atoms with Crippen molar-refractivity contribution < 1.29 is 9.47 Å². The van der Waals surface area contributed by atoms with Crippen LogP contribution in [0.3, 0.4) is 0 Å². The second-order valence-corrected chi connectivity index (χ2v) is 6.00. The molecular weight excluding hydrogens is 314 g/mol. The van der Waals surface area contributed by atoms with Crippen molar-refractivity contribution in [1.82, 2.24) is 9.97 Å². The van der Waals surface area contributed by atoms with E-state index in [1.165, 1.54) is 5.56 Å². The van der Waals surface area contributed by atoms with Crippen molar-refractivity contribution in [1.29, 1.82) is 0 Å². The van der Waals surface area contributed by atoms with Gasteiger partial charge in [-0.05, 0) is 36.2 Å². The molecule has 4 rings (SSSR count). The van der Waals surface area contributed by atoms with Crippen molar-refractivity contribution >= 4 is 5.82 Å². The number of fused-ring (bicyclic) bond motifs is 1. The molecule has 0 saturated carbocycles. The molecule has 5 nitrogen and oxygen atoms in total. The second kappa shape index (κ2) is 6.81. The summed E-state index contributed by atoms with van der Waals surface area (Å²) in [6, 6.07) is 18.2. The maximum Gasteiger partial charge on any atom is 0.231 e. The molecule has 3 aromatic rings. The Morgan fingerprint density at radius 3 is 2.76 bits per heavy atom. The number of ether oxygens (including phenoxy) is 2. The molecule has 126 valence electrons. The van der Waals surface area contributed by atoms with E-state index >= 15 is 0 Å². The first-order valence-electron chi connectivity index (χ1n) is 8.30. The summed E-state index contributed by atoms with van der Waals surface area (Å²) < 4.78 is 10.8. The highest BCUT2D eigenvalue weighted by Gasteiger charge is 2.16. The van der Waals surface area contributed by atoms with Gasteiger partial charge in [0.05, 0.1) is 6.04 Å². The number of aromatic nitrogens is 2. The zero-order chi connectivity index (χ0) is 17.1. The molecule has 0 aliphatic carbocycles. The van der Waals surface area contributed by atoms with E-state index in [1.807, 2.05) is 42.5 Å². The van der Waals surface area contributed by atoms with Gasteiger partial charge in [0.25, 0.3) is 0 Å². The van der Waals surface area contributed by atoms with Crippen LogP contribution in [0.1, 0.15) is 29.9 Å². The Morgan fingerprint density at radius 1 is 1.04 bits per heavy atom. The van der Waals surface area contributed by atoms with E-state index in [0.717, 1.165) is 35.1 Å². The second-order valence-electron chi connectivity index (χ2n) is 6.00. The van der Waals surface area contributed by atoms with E-state index in [4.69, 9.17) is 9.47 Å². The van der Waals surface area contributed by atoms with Gasteiger partial charge in [-0.25, -0.2) is 9.97 Å². The predicted octanol–water partition coefficient (Wildman–Crippen LogP) is 3.97. The van der Waals surface area contributed by atoms with Crippen molar-refractivity contribution in [2.75, 3.05) is 12.1 Å². The molecule has 1 N–H and O–H groups in total. The first-order valence-corrected chi connectivity index (χ1v) is 8.30. The third kappa shape index (κ3) is 3.55. The molecule has 0 saturated heterocycles. The summed E-state index contributed by atoms with van der Waals surface area (Å²) in [5.74, 6) is 3.20. The van der Waals surface area contributed by atoms with Crippen LogP contribution in [0, 0.1) is 0 Å². The summed E-state index contributed by atoms with van der Waals surface area (Å²) in [6.45, 7) is 2.38.